The first-order chi connectivity index (χ1) is 7.67. The fourth-order valence-corrected chi connectivity index (χ4v) is 2.03. The number of methoxy groups -OCH3 is 1. The van der Waals surface area contributed by atoms with Gasteiger partial charge in [-0.15, -0.1) is 0 Å². The number of aryl methyl sites for hydroxylation is 1. The molecule has 84 valence electrons. The fraction of sp³-hybridized carbons (Fsp3) is 0.308. The number of aromatic amines is 1. The van der Waals surface area contributed by atoms with Crippen molar-refractivity contribution in [3.8, 4) is 5.75 Å². The van der Waals surface area contributed by atoms with Gasteiger partial charge in [-0.25, -0.2) is 0 Å². The number of benzene rings is 1. The summed E-state index contributed by atoms with van der Waals surface area (Å²) >= 11 is 0. The average molecular weight is 217 g/mol. The maximum absolute atomic E-state index is 11.8. The van der Waals surface area contributed by atoms with Crippen LogP contribution in [0.25, 0.3) is 10.9 Å². The van der Waals surface area contributed by atoms with Crippen molar-refractivity contribution in [2.24, 2.45) is 0 Å². The second-order valence-electron chi connectivity index (χ2n) is 3.82. The van der Waals surface area contributed by atoms with Gasteiger partial charge in [-0.3, -0.25) is 4.79 Å². The molecule has 0 aliphatic heterocycles. The Morgan fingerprint density at radius 1 is 1.38 bits per heavy atom. The number of pyridine rings is 1. The SMILES string of the molecule is CCc1c(C)c2cc(OC)ccc2[nH]c1=O. The summed E-state index contributed by atoms with van der Waals surface area (Å²) in [6.45, 7) is 3.97. The standard InChI is InChI=1S/C13H15NO2/c1-4-10-8(2)11-7-9(16-3)5-6-12(11)14-13(10)15/h5-7H,4H2,1-3H3,(H,14,15). The number of hydrogen-bond acceptors (Lipinski definition) is 2. The Morgan fingerprint density at radius 2 is 2.12 bits per heavy atom. The van der Waals surface area contributed by atoms with Crippen molar-refractivity contribution in [3.05, 3.63) is 39.7 Å². The van der Waals surface area contributed by atoms with Gasteiger partial charge in [0, 0.05) is 16.5 Å². The molecular formula is C13H15NO2. The zero-order chi connectivity index (χ0) is 11.7. The van der Waals surface area contributed by atoms with Crippen LogP contribution in [0.3, 0.4) is 0 Å². The Kier molecular flexibility index (Phi) is 2.69. The topological polar surface area (TPSA) is 42.1 Å². The van der Waals surface area contributed by atoms with Crippen LogP contribution in [0.1, 0.15) is 18.1 Å². The molecule has 2 rings (SSSR count). The number of ether oxygens (including phenoxy) is 1. The predicted octanol–water partition coefficient (Wildman–Crippen LogP) is 2.41. The molecule has 0 saturated heterocycles. The molecule has 0 saturated carbocycles. The molecule has 0 aliphatic carbocycles. The highest BCUT2D eigenvalue weighted by Gasteiger charge is 2.07. The maximum atomic E-state index is 11.8. The molecule has 3 nitrogen and oxygen atoms in total. The van der Waals surface area contributed by atoms with Crippen molar-refractivity contribution >= 4 is 10.9 Å². The zero-order valence-corrected chi connectivity index (χ0v) is 9.76. The van der Waals surface area contributed by atoms with E-state index < -0.39 is 0 Å². The quantitative estimate of drug-likeness (QED) is 0.839. The van der Waals surface area contributed by atoms with E-state index in [0.717, 1.165) is 34.2 Å². The first kappa shape index (κ1) is 10.7. The number of H-pyrrole nitrogens is 1. The van der Waals surface area contributed by atoms with E-state index in [1.54, 1.807) is 7.11 Å². The highest BCUT2D eigenvalue weighted by atomic mass is 16.5. The van der Waals surface area contributed by atoms with E-state index in [2.05, 4.69) is 4.98 Å². The molecule has 16 heavy (non-hydrogen) atoms. The van der Waals surface area contributed by atoms with Crippen molar-refractivity contribution < 1.29 is 4.74 Å². The van der Waals surface area contributed by atoms with Gasteiger partial charge in [0.2, 0.25) is 0 Å². The lowest BCUT2D eigenvalue weighted by atomic mass is 10.0. The number of hydrogen-bond donors (Lipinski definition) is 1. The van der Waals surface area contributed by atoms with Crippen molar-refractivity contribution in [2.75, 3.05) is 7.11 Å². The van der Waals surface area contributed by atoms with Crippen molar-refractivity contribution in [2.45, 2.75) is 20.3 Å². The van der Waals surface area contributed by atoms with E-state index in [-0.39, 0.29) is 5.56 Å². The summed E-state index contributed by atoms with van der Waals surface area (Å²) < 4.78 is 5.19. The Labute approximate surface area is 94.1 Å². The Balaban J connectivity index is 2.84. The van der Waals surface area contributed by atoms with E-state index in [0.29, 0.717) is 0 Å². The molecule has 1 aromatic heterocycles. The van der Waals surface area contributed by atoms with Crippen LogP contribution in [0.4, 0.5) is 0 Å². The lowest BCUT2D eigenvalue weighted by Gasteiger charge is -2.08. The number of nitrogens with one attached hydrogen (secondary N) is 1. The van der Waals surface area contributed by atoms with Crippen LogP contribution in [-0.2, 0) is 6.42 Å². The van der Waals surface area contributed by atoms with Crippen LogP contribution in [0.2, 0.25) is 0 Å². The molecule has 0 spiro atoms. The van der Waals surface area contributed by atoms with E-state index >= 15 is 0 Å². The monoisotopic (exact) mass is 217 g/mol. The summed E-state index contributed by atoms with van der Waals surface area (Å²) in [4.78, 5) is 14.6. The zero-order valence-electron chi connectivity index (χ0n) is 9.76. The van der Waals surface area contributed by atoms with Gasteiger partial charge in [0.05, 0.1) is 7.11 Å². The number of fused-ring (bicyclic) bond motifs is 1. The highest BCUT2D eigenvalue weighted by molar-refractivity contribution is 5.84. The molecule has 1 aromatic carbocycles. The fourth-order valence-electron chi connectivity index (χ4n) is 2.03. The second kappa shape index (κ2) is 4.00. The van der Waals surface area contributed by atoms with Gasteiger partial charge in [-0.05, 0) is 37.1 Å². The third-order valence-corrected chi connectivity index (χ3v) is 2.96. The van der Waals surface area contributed by atoms with Gasteiger partial charge in [0.1, 0.15) is 5.75 Å². The van der Waals surface area contributed by atoms with Crippen LogP contribution >= 0.6 is 0 Å². The summed E-state index contributed by atoms with van der Waals surface area (Å²) in [5, 5.41) is 1.05. The molecule has 3 heteroatoms. The summed E-state index contributed by atoms with van der Waals surface area (Å²) in [5.41, 5.74) is 2.76. The Morgan fingerprint density at radius 3 is 2.75 bits per heavy atom. The lowest BCUT2D eigenvalue weighted by Crippen LogP contribution is -2.14. The van der Waals surface area contributed by atoms with Gasteiger partial charge in [-0.2, -0.15) is 0 Å². The maximum Gasteiger partial charge on any atom is 0.251 e. The Bertz CT molecular complexity index is 584. The van der Waals surface area contributed by atoms with E-state index in [4.69, 9.17) is 4.74 Å². The molecule has 0 amide bonds. The minimum Gasteiger partial charge on any atom is -0.497 e. The van der Waals surface area contributed by atoms with Crippen LogP contribution in [0, 0.1) is 6.92 Å². The second-order valence-corrected chi connectivity index (χ2v) is 3.82. The average Bonchev–Trinajstić information content (AvgIpc) is 2.29. The largest absolute Gasteiger partial charge is 0.497 e. The molecule has 0 bridgehead atoms. The smallest absolute Gasteiger partial charge is 0.251 e. The predicted molar refractivity (Wildman–Crippen MR) is 65.2 cm³/mol. The third kappa shape index (κ3) is 1.58. The van der Waals surface area contributed by atoms with Crippen molar-refractivity contribution in [1.29, 1.82) is 0 Å². The highest BCUT2D eigenvalue weighted by Crippen LogP contribution is 2.22. The van der Waals surface area contributed by atoms with Gasteiger partial charge >= 0.3 is 0 Å². The van der Waals surface area contributed by atoms with Gasteiger partial charge < -0.3 is 9.72 Å². The molecular weight excluding hydrogens is 202 g/mol. The van der Waals surface area contributed by atoms with Crippen LogP contribution in [0.15, 0.2) is 23.0 Å². The minimum absolute atomic E-state index is 0.0117. The summed E-state index contributed by atoms with van der Waals surface area (Å²) in [7, 11) is 1.64. The van der Waals surface area contributed by atoms with E-state index in [9.17, 15) is 4.79 Å². The molecule has 0 aliphatic rings. The van der Waals surface area contributed by atoms with Crippen LogP contribution in [-0.4, -0.2) is 12.1 Å². The third-order valence-electron chi connectivity index (χ3n) is 2.96. The van der Waals surface area contributed by atoms with E-state index in [1.165, 1.54) is 0 Å². The lowest BCUT2D eigenvalue weighted by molar-refractivity contribution is 0.415. The van der Waals surface area contributed by atoms with Gasteiger partial charge in [0.25, 0.3) is 5.56 Å². The van der Waals surface area contributed by atoms with E-state index in [1.807, 2.05) is 32.0 Å². The Hall–Kier alpha value is -1.77. The summed E-state index contributed by atoms with van der Waals surface area (Å²) in [5.74, 6) is 0.810. The van der Waals surface area contributed by atoms with Crippen LogP contribution in [0.5, 0.6) is 5.75 Å². The van der Waals surface area contributed by atoms with Crippen LogP contribution < -0.4 is 10.3 Å². The summed E-state index contributed by atoms with van der Waals surface area (Å²) in [6, 6.07) is 5.69. The minimum atomic E-state index is 0.0117. The number of rotatable bonds is 2. The molecule has 0 radical (unpaired) electrons. The molecule has 0 unspecified atom stereocenters. The molecule has 2 aromatic rings. The molecule has 0 atom stereocenters. The van der Waals surface area contributed by atoms with Crippen molar-refractivity contribution in [3.63, 3.8) is 0 Å². The molecule has 1 N–H and O–H groups in total. The van der Waals surface area contributed by atoms with Gasteiger partial charge in [-0.1, -0.05) is 6.92 Å². The first-order valence-electron chi connectivity index (χ1n) is 5.37. The normalized spacial score (nSPS) is 10.7. The van der Waals surface area contributed by atoms with Gasteiger partial charge in [0.15, 0.2) is 0 Å². The first-order valence-corrected chi connectivity index (χ1v) is 5.37. The number of aromatic nitrogens is 1. The van der Waals surface area contributed by atoms with Crippen molar-refractivity contribution in [1.82, 2.24) is 4.98 Å². The summed E-state index contributed by atoms with van der Waals surface area (Å²) in [6.07, 6.45) is 0.744. The molecule has 1 heterocycles. The molecule has 0 fully saturated rings.